The second-order valence-electron chi connectivity index (χ2n) is 3.53. The molecule has 88 valence electrons. The molecule has 0 saturated carbocycles. The van der Waals surface area contributed by atoms with E-state index in [1.807, 2.05) is 0 Å². The number of carbonyl (C=O) groups excluding carboxylic acids is 2. The van der Waals surface area contributed by atoms with Gasteiger partial charge in [-0.1, -0.05) is 12.1 Å². The van der Waals surface area contributed by atoms with Crippen LogP contribution in [0.3, 0.4) is 0 Å². The normalized spacial score (nSPS) is 15.2. The molecule has 0 bridgehead atoms. The van der Waals surface area contributed by atoms with Crippen molar-refractivity contribution in [2.24, 2.45) is 5.10 Å². The Morgan fingerprint density at radius 3 is 2.71 bits per heavy atom. The summed E-state index contributed by atoms with van der Waals surface area (Å²) in [7, 11) is 1.54. The lowest BCUT2D eigenvalue weighted by atomic mass is 10.1. The van der Waals surface area contributed by atoms with Gasteiger partial charge in [0.2, 0.25) is 0 Å². The molecule has 0 atom stereocenters. The number of hydrogen-bond donors (Lipinski definition) is 0. The standard InChI is InChI=1S/C12H12N2O3/c1-3-14-12(16)11(15)10(13-14)8-5-4-6-9(7-8)17-2/h4-7H,3H2,1-2H3. The molecule has 1 aromatic rings. The highest BCUT2D eigenvalue weighted by atomic mass is 16.5. The van der Waals surface area contributed by atoms with E-state index < -0.39 is 11.7 Å². The molecule has 5 nitrogen and oxygen atoms in total. The Bertz CT molecular complexity index is 508. The van der Waals surface area contributed by atoms with E-state index in [0.29, 0.717) is 17.9 Å². The number of hydrogen-bond acceptors (Lipinski definition) is 4. The lowest BCUT2D eigenvalue weighted by Gasteiger charge is -2.04. The Balaban J connectivity index is 2.40. The Hall–Kier alpha value is -2.17. The van der Waals surface area contributed by atoms with Crippen LogP contribution < -0.4 is 4.74 Å². The van der Waals surface area contributed by atoms with Crippen molar-refractivity contribution in [2.75, 3.05) is 13.7 Å². The van der Waals surface area contributed by atoms with Gasteiger partial charge in [-0.05, 0) is 19.1 Å². The number of rotatable bonds is 3. The van der Waals surface area contributed by atoms with E-state index in [0.717, 1.165) is 5.01 Å². The number of likely N-dealkylation sites (N-methyl/N-ethyl adjacent to an activating group) is 1. The molecule has 5 heteroatoms. The molecule has 1 amide bonds. The maximum Gasteiger partial charge on any atom is 0.316 e. The molecule has 0 unspecified atom stereocenters. The molecule has 17 heavy (non-hydrogen) atoms. The third kappa shape index (κ3) is 1.91. The van der Waals surface area contributed by atoms with Gasteiger partial charge in [-0.25, -0.2) is 5.01 Å². The minimum absolute atomic E-state index is 0.177. The first-order valence-corrected chi connectivity index (χ1v) is 5.26. The number of ether oxygens (including phenoxy) is 1. The maximum atomic E-state index is 11.7. The monoisotopic (exact) mass is 232 g/mol. The van der Waals surface area contributed by atoms with Gasteiger partial charge < -0.3 is 4.74 Å². The van der Waals surface area contributed by atoms with Gasteiger partial charge in [-0.3, -0.25) is 9.59 Å². The van der Waals surface area contributed by atoms with Gasteiger partial charge >= 0.3 is 5.91 Å². The minimum atomic E-state index is -0.578. The molecule has 1 aliphatic heterocycles. The zero-order valence-corrected chi connectivity index (χ0v) is 9.64. The van der Waals surface area contributed by atoms with Crippen molar-refractivity contribution in [3.8, 4) is 5.75 Å². The molecule has 1 heterocycles. The molecule has 0 aromatic heterocycles. The van der Waals surface area contributed by atoms with E-state index in [2.05, 4.69) is 5.10 Å². The summed E-state index contributed by atoms with van der Waals surface area (Å²) in [6, 6.07) is 6.93. The lowest BCUT2D eigenvalue weighted by molar-refractivity contribution is -0.139. The summed E-state index contributed by atoms with van der Waals surface area (Å²) in [6.45, 7) is 2.15. The van der Waals surface area contributed by atoms with Crippen molar-refractivity contribution >= 4 is 17.4 Å². The predicted octanol–water partition coefficient (Wildman–Crippen LogP) is 0.830. The summed E-state index contributed by atoms with van der Waals surface area (Å²) >= 11 is 0. The van der Waals surface area contributed by atoms with E-state index in [4.69, 9.17) is 4.74 Å². The number of hydrazone groups is 1. The Morgan fingerprint density at radius 2 is 2.12 bits per heavy atom. The van der Waals surface area contributed by atoms with Gasteiger partial charge in [0.05, 0.1) is 7.11 Å². The van der Waals surface area contributed by atoms with Crippen LogP contribution in [0.5, 0.6) is 5.75 Å². The first-order valence-electron chi connectivity index (χ1n) is 5.26. The van der Waals surface area contributed by atoms with Crippen LogP contribution in [0.15, 0.2) is 29.4 Å². The van der Waals surface area contributed by atoms with Gasteiger partial charge in [0.25, 0.3) is 5.78 Å². The first-order chi connectivity index (χ1) is 8.17. The van der Waals surface area contributed by atoms with Crippen molar-refractivity contribution in [1.29, 1.82) is 0 Å². The zero-order valence-electron chi connectivity index (χ0n) is 9.64. The van der Waals surface area contributed by atoms with E-state index in [9.17, 15) is 9.59 Å². The molecule has 1 aliphatic rings. The topological polar surface area (TPSA) is 59.0 Å². The van der Waals surface area contributed by atoms with Crippen LogP contribution in [-0.2, 0) is 9.59 Å². The first kappa shape index (κ1) is 11.3. The van der Waals surface area contributed by atoms with Gasteiger partial charge in [0, 0.05) is 12.1 Å². The van der Waals surface area contributed by atoms with Gasteiger partial charge in [0.15, 0.2) is 0 Å². The lowest BCUT2D eigenvalue weighted by Crippen LogP contribution is -2.27. The molecule has 0 aliphatic carbocycles. The van der Waals surface area contributed by atoms with Crippen molar-refractivity contribution in [3.63, 3.8) is 0 Å². The van der Waals surface area contributed by atoms with Crippen molar-refractivity contribution < 1.29 is 14.3 Å². The number of ketones is 1. The van der Waals surface area contributed by atoms with Gasteiger partial charge in [0.1, 0.15) is 11.5 Å². The minimum Gasteiger partial charge on any atom is -0.497 e. The summed E-state index contributed by atoms with van der Waals surface area (Å²) in [4.78, 5) is 23.2. The molecule has 0 spiro atoms. The van der Waals surface area contributed by atoms with Crippen molar-refractivity contribution in [1.82, 2.24) is 5.01 Å². The van der Waals surface area contributed by atoms with Crippen molar-refractivity contribution in [2.45, 2.75) is 6.92 Å². The number of carbonyl (C=O) groups is 2. The number of nitrogens with zero attached hydrogens (tertiary/aromatic N) is 2. The largest absolute Gasteiger partial charge is 0.497 e. The van der Waals surface area contributed by atoms with Crippen LogP contribution in [0.1, 0.15) is 12.5 Å². The van der Waals surface area contributed by atoms with Crippen molar-refractivity contribution in [3.05, 3.63) is 29.8 Å². The fourth-order valence-electron chi connectivity index (χ4n) is 1.60. The highest BCUT2D eigenvalue weighted by Gasteiger charge is 2.33. The average Bonchev–Trinajstić information content (AvgIpc) is 2.66. The smallest absolute Gasteiger partial charge is 0.316 e. The second kappa shape index (κ2) is 4.37. The van der Waals surface area contributed by atoms with Crippen LogP contribution in [-0.4, -0.2) is 36.1 Å². The van der Waals surface area contributed by atoms with E-state index in [-0.39, 0.29) is 5.71 Å². The van der Waals surface area contributed by atoms with Crippen LogP contribution in [0, 0.1) is 0 Å². The Labute approximate surface area is 98.7 Å². The van der Waals surface area contributed by atoms with Crippen LogP contribution in [0.25, 0.3) is 0 Å². The number of benzene rings is 1. The number of methoxy groups -OCH3 is 1. The molecular weight excluding hydrogens is 220 g/mol. The molecule has 0 fully saturated rings. The van der Waals surface area contributed by atoms with E-state index >= 15 is 0 Å². The van der Waals surface area contributed by atoms with Gasteiger partial charge in [-0.15, -0.1) is 0 Å². The summed E-state index contributed by atoms with van der Waals surface area (Å²) in [6.07, 6.45) is 0. The number of amides is 1. The predicted molar refractivity (Wildman–Crippen MR) is 61.9 cm³/mol. The molecule has 0 saturated heterocycles. The quantitative estimate of drug-likeness (QED) is 0.725. The third-order valence-corrected chi connectivity index (χ3v) is 2.51. The highest BCUT2D eigenvalue weighted by molar-refractivity contribution is 6.69. The highest BCUT2D eigenvalue weighted by Crippen LogP contribution is 2.17. The molecule has 0 N–H and O–H groups in total. The Morgan fingerprint density at radius 1 is 1.35 bits per heavy atom. The maximum absolute atomic E-state index is 11.7. The van der Waals surface area contributed by atoms with Crippen LogP contribution >= 0.6 is 0 Å². The SMILES string of the molecule is CCN1N=C(c2cccc(OC)c2)C(=O)C1=O. The van der Waals surface area contributed by atoms with E-state index in [1.165, 1.54) is 0 Å². The third-order valence-electron chi connectivity index (χ3n) is 2.51. The summed E-state index contributed by atoms with van der Waals surface area (Å²) < 4.78 is 5.06. The molecule has 0 radical (unpaired) electrons. The molecule has 2 rings (SSSR count). The fraction of sp³-hybridized carbons (Fsp3) is 0.250. The number of Topliss-reactive ketones (excluding diaryl/α,β-unsaturated/α-hetero) is 1. The summed E-state index contributed by atoms with van der Waals surface area (Å²) in [5.41, 5.74) is 0.773. The van der Waals surface area contributed by atoms with Gasteiger partial charge in [-0.2, -0.15) is 5.10 Å². The zero-order chi connectivity index (χ0) is 12.4. The Kier molecular flexibility index (Phi) is 2.91. The fourth-order valence-corrected chi connectivity index (χ4v) is 1.60. The second-order valence-corrected chi connectivity index (χ2v) is 3.53. The molecule has 1 aromatic carbocycles. The van der Waals surface area contributed by atoms with Crippen LogP contribution in [0.4, 0.5) is 0 Å². The summed E-state index contributed by atoms with van der Waals surface area (Å²) in [5, 5.41) is 5.17. The molecular formula is C12H12N2O3. The summed E-state index contributed by atoms with van der Waals surface area (Å²) in [5.74, 6) is -0.522. The average molecular weight is 232 g/mol. The van der Waals surface area contributed by atoms with E-state index in [1.54, 1.807) is 38.3 Å². The van der Waals surface area contributed by atoms with Crippen LogP contribution in [0.2, 0.25) is 0 Å².